The molecule has 2 aromatic rings. The maximum Gasteiger partial charge on any atom is 0.417 e. The molecule has 1 amide bonds. The van der Waals surface area contributed by atoms with Crippen LogP contribution >= 0.6 is 0 Å². The monoisotopic (exact) mass is 486 g/mol. The molecular weight excluding hydrogens is 464 g/mol. The molecule has 2 aliphatic carbocycles. The molecule has 2 aromatic heterocycles. The summed E-state index contributed by atoms with van der Waals surface area (Å²) in [5.41, 5.74) is 1.12. The predicted octanol–water partition coefficient (Wildman–Crippen LogP) is 3.39. The standard InChI is InChI=1S/C24H22F4N6O/c1-12-4-16(19(30-7-12)21-31-9-15(25)10-32-21)22(35)34-11-14-5-23(14)6-17(20(23)34)33-18-3-2-13(8-29-18)24(26,27)28/h2-4,8-10,14,17,20,30H,5-7,11H2,1H3,(H,29,33). The van der Waals surface area contributed by atoms with Crippen LogP contribution in [0.25, 0.3) is 5.70 Å². The highest BCUT2D eigenvalue weighted by molar-refractivity contribution is 6.04. The molecule has 0 aromatic carbocycles. The molecule has 1 spiro atoms. The van der Waals surface area contributed by atoms with Crippen LogP contribution < -0.4 is 10.6 Å². The van der Waals surface area contributed by atoms with Crippen molar-refractivity contribution in [2.75, 3.05) is 18.4 Å². The fourth-order valence-electron chi connectivity index (χ4n) is 5.85. The number of pyridine rings is 1. The number of alkyl halides is 3. The summed E-state index contributed by atoms with van der Waals surface area (Å²) in [4.78, 5) is 27.7. The van der Waals surface area contributed by atoms with E-state index < -0.39 is 17.6 Å². The maximum absolute atomic E-state index is 13.8. The molecule has 0 bridgehead atoms. The second-order valence-electron chi connectivity index (χ2n) is 9.78. The van der Waals surface area contributed by atoms with E-state index in [2.05, 4.69) is 25.6 Å². The molecule has 182 valence electrons. The number of amides is 1. The van der Waals surface area contributed by atoms with Gasteiger partial charge in [-0.15, -0.1) is 0 Å². The molecule has 4 atom stereocenters. The van der Waals surface area contributed by atoms with Crippen molar-refractivity contribution in [3.05, 3.63) is 65.2 Å². The van der Waals surface area contributed by atoms with Gasteiger partial charge in [0.2, 0.25) is 0 Å². The number of aromatic nitrogens is 3. The van der Waals surface area contributed by atoms with E-state index in [1.54, 1.807) is 0 Å². The molecule has 3 fully saturated rings. The minimum atomic E-state index is -4.44. The zero-order valence-electron chi connectivity index (χ0n) is 18.7. The van der Waals surface area contributed by atoms with E-state index in [0.717, 1.165) is 43.1 Å². The molecule has 1 saturated heterocycles. The summed E-state index contributed by atoms with van der Waals surface area (Å²) in [6, 6.07) is 2.14. The first-order valence-electron chi connectivity index (χ1n) is 11.4. The fourth-order valence-corrected chi connectivity index (χ4v) is 5.85. The third kappa shape index (κ3) is 3.55. The second-order valence-corrected chi connectivity index (χ2v) is 9.78. The smallest absolute Gasteiger partial charge is 0.378 e. The topological polar surface area (TPSA) is 83.0 Å². The lowest BCUT2D eigenvalue weighted by atomic mass is 9.71. The van der Waals surface area contributed by atoms with Gasteiger partial charge in [-0.3, -0.25) is 4.79 Å². The van der Waals surface area contributed by atoms with E-state index in [9.17, 15) is 22.4 Å². The van der Waals surface area contributed by atoms with E-state index in [4.69, 9.17) is 0 Å². The summed E-state index contributed by atoms with van der Waals surface area (Å²) in [5.74, 6) is 0.288. The number of carbonyl (C=O) groups excluding carboxylic acids is 1. The zero-order valence-corrected chi connectivity index (χ0v) is 18.7. The quantitative estimate of drug-likeness (QED) is 0.645. The number of nitrogens with one attached hydrogen (secondary N) is 2. The van der Waals surface area contributed by atoms with Gasteiger partial charge in [0.1, 0.15) is 5.82 Å². The Labute approximate surface area is 198 Å². The molecular formula is C24H22F4N6O. The first-order valence-corrected chi connectivity index (χ1v) is 11.4. The zero-order chi connectivity index (χ0) is 24.5. The summed E-state index contributed by atoms with van der Waals surface area (Å²) in [6.07, 6.45) is 2.20. The lowest BCUT2D eigenvalue weighted by molar-refractivity contribution is -0.137. The third-order valence-corrected chi connectivity index (χ3v) is 7.57. The van der Waals surface area contributed by atoms with Crippen LogP contribution in [-0.2, 0) is 11.0 Å². The lowest BCUT2D eigenvalue weighted by Crippen LogP contribution is -2.60. The summed E-state index contributed by atoms with van der Waals surface area (Å²) in [5, 5.41) is 6.43. The van der Waals surface area contributed by atoms with Gasteiger partial charge < -0.3 is 15.5 Å². The normalized spacial score (nSPS) is 29.0. The van der Waals surface area contributed by atoms with Crippen molar-refractivity contribution in [2.24, 2.45) is 11.3 Å². The van der Waals surface area contributed by atoms with E-state index in [1.165, 1.54) is 6.07 Å². The molecule has 2 aliphatic heterocycles. The molecule has 4 heterocycles. The number of halogens is 4. The lowest BCUT2D eigenvalue weighted by Gasteiger charge is -2.48. The Kier molecular flexibility index (Phi) is 4.71. The summed E-state index contributed by atoms with van der Waals surface area (Å²) in [7, 11) is 0. The summed E-state index contributed by atoms with van der Waals surface area (Å²) < 4.78 is 51.9. The highest BCUT2D eigenvalue weighted by Crippen LogP contribution is 2.71. The number of hydrogen-bond acceptors (Lipinski definition) is 6. The fraction of sp³-hybridized carbons (Fsp3) is 0.417. The van der Waals surface area contributed by atoms with Crippen LogP contribution in [0.15, 0.2) is 47.9 Å². The Morgan fingerprint density at radius 2 is 1.94 bits per heavy atom. The predicted molar refractivity (Wildman–Crippen MR) is 118 cm³/mol. The Morgan fingerprint density at radius 3 is 2.63 bits per heavy atom. The van der Waals surface area contributed by atoms with Crippen LogP contribution in [0.5, 0.6) is 0 Å². The van der Waals surface area contributed by atoms with Crippen molar-refractivity contribution < 1.29 is 22.4 Å². The van der Waals surface area contributed by atoms with Gasteiger partial charge in [-0.1, -0.05) is 5.57 Å². The van der Waals surface area contributed by atoms with Gasteiger partial charge in [-0.2, -0.15) is 13.2 Å². The molecule has 7 nitrogen and oxygen atoms in total. The van der Waals surface area contributed by atoms with Crippen molar-refractivity contribution in [1.82, 2.24) is 25.2 Å². The molecule has 4 aliphatic rings. The van der Waals surface area contributed by atoms with Gasteiger partial charge >= 0.3 is 6.18 Å². The summed E-state index contributed by atoms with van der Waals surface area (Å²) in [6.45, 7) is 3.05. The first kappa shape index (κ1) is 22.0. The molecule has 11 heteroatoms. The Hall–Kier alpha value is -3.50. The van der Waals surface area contributed by atoms with Crippen LogP contribution in [0.1, 0.15) is 31.2 Å². The van der Waals surface area contributed by atoms with E-state index in [1.807, 2.05) is 17.9 Å². The summed E-state index contributed by atoms with van der Waals surface area (Å²) >= 11 is 0. The van der Waals surface area contributed by atoms with Crippen molar-refractivity contribution in [3.8, 4) is 0 Å². The van der Waals surface area contributed by atoms with Gasteiger partial charge in [-0.05, 0) is 49.3 Å². The van der Waals surface area contributed by atoms with Crippen LogP contribution in [0.3, 0.4) is 0 Å². The van der Waals surface area contributed by atoms with Gasteiger partial charge in [0.15, 0.2) is 11.6 Å². The number of carbonyl (C=O) groups is 1. The van der Waals surface area contributed by atoms with Crippen LogP contribution in [0, 0.1) is 17.2 Å². The van der Waals surface area contributed by atoms with Crippen LogP contribution in [0.4, 0.5) is 23.4 Å². The van der Waals surface area contributed by atoms with Gasteiger partial charge in [0.05, 0.1) is 35.3 Å². The first-order chi connectivity index (χ1) is 16.7. The SMILES string of the molecule is CC1=CC(C(=O)N2CC3CC34CC(Nc3ccc(C(F)(F)F)cn3)C24)=C(c2ncc(F)cn2)NC1. The van der Waals surface area contributed by atoms with E-state index in [-0.39, 0.29) is 29.2 Å². The van der Waals surface area contributed by atoms with Crippen molar-refractivity contribution >= 4 is 17.4 Å². The Balaban J connectivity index is 1.26. The average Bonchev–Trinajstić information content (AvgIpc) is 3.47. The Bertz CT molecular complexity index is 1260. The van der Waals surface area contributed by atoms with Crippen molar-refractivity contribution in [1.29, 1.82) is 0 Å². The maximum atomic E-state index is 13.8. The molecule has 4 unspecified atom stereocenters. The molecule has 35 heavy (non-hydrogen) atoms. The number of likely N-dealkylation sites (tertiary alicyclic amines) is 1. The Morgan fingerprint density at radius 1 is 1.17 bits per heavy atom. The second kappa shape index (κ2) is 7.50. The number of piperidine rings is 1. The molecule has 2 saturated carbocycles. The number of dihydropyridines is 1. The van der Waals surface area contributed by atoms with Crippen LogP contribution in [0.2, 0.25) is 0 Å². The molecule has 6 rings (SSSR count). The number of hydrogen-bond donors (Lipinski definition) is 2. The van der Waals surface area contributed by atoms with Gasteiger partial charge in [0.25, 0.3) is 5.91 Å². The van der Waals surface area contributed by atoms with E-state index >= 15 is 0 Å². The average molecular weight is 486 g/mol. The minimum Gasteiger partial charge on any atom is -0.378 e. The third-order valence-electron chi connectivity index (χ3n) is 7.57. The highest BCUT2D eigenvalue weighted by atomic mass is 19.4. The minimum absolute atomic E-state index is 0.0627. The number of rotatable bonds is 4. The highest BCUT2D eigenvalue weighted by Gasteiger charge is 2.75. The molecule has 0 radical (unpaired) electrons. The van der Waals surface area contributed by atoms with Crippen molar-refractivity contribution in [2.45, 2.75) is 38.0 Å². The largest absolute Gasteiger partial charge is 0.417 e. The van der Waals surface area contributed by atoms with E-state index in [0.29, 0.717) is 36.1 Å². The number of nitrogens with zero attached hydrogens (tertiary/aromatic N) is 4. The van der Waals surface area contributed by atoms with Crippen molar-refractivity contribution in [3.63, 3.8) is 0 Å². The van der Waals surface area contributed by atoms with Gasteiger partial charge in [-0.25, -0.2) is 19.3 Å². The number of anilines is 1. The van der Waals surface area contributed by atoms with Crippen LogP contribution in [-0.4, -0.2) is 50.9 Å². The molecule has 2 N–H and O–H groups in total. The van der Waals surface area contributed by atoms with Gasteiger partial charge in [0, 0.05) is 25.3 Å².